The fraction of sp³-hybridized carbons (Fsp3) is 0.407. The Morgan fingerprint density at radius 2 is 1.68 bits per heavy atom. The number of halogens is 1. The fourth-order valence-electron chi connectivity index (χ4n) is 5.00. The summed E-state index contributed by atoms with van der Waals surface area (Å²) in [5, 5.41) is 9.69. The van der Waals surface area contributed by atoms with Crippen LogP contribution in [0, 0.1) is 5.82 Å². The van der Waals surface area contributed by atoms with Crippen molar-refractivity contribution in [3.05, 3.63) is 66.6 Å². The first-order valence-corrected chi connectivity index (χ1v) is 14.5. The van der Waals surface area contributed by atoms with Gasteiger partial charge >= 0.3 is 0 Å². The molecule has 0 saturated carbocycles. The van der Waals surface area contributed by atoms with Gasteiger partial charge in [-0.05, 0) is 107 Å². The molecule has 2 fully saturated rings. The minimum atomic E-state index is -3.66. The van der Waals surface area contributed by atoms with E-state index in [1.165, 1.54) is 12.1 Å². The lowest BCUT2D eigenvalue weighted by Crippen LogP contribution is -2.50. The van der Waals surface area contributed by atoms with Gasteiger partial charge in [-0.15, -0.1) is 0 Å². The van der Waals surface area contributed by atoms with Crippen molar-refractivity contribution in [3.8, 4) is 0 Å². The van der Waals surface area contributed by atoms with Crippen LogP contribution >= 0.6 is 0 Å². The Kier molecular flexibility index (Phi) is 8.18. The SMILES string of the molecule is CN1CCC(N(C[C@H]2CCCN2)S(=O)(=O)c2ccc(Nc3nccc(Nc4ccc(F)cc4)n3)cc2)CC1. The third-order valence-corrected chi connectivity index (χ3v) is 9.08. The molecule has 1 atom stereocenters. The molecule has 9 nitrogen and oxygen atoms in total. The van der Waals surface area contributed by atoms with Crippen LogP contribution in [0.5, 0.6) is 0 Å². The third kappa shape index (κ3) is 6.47. The van der Waals surface area contributed by atoms with Gasteiger partial charge in [0.2, 0.25) is 16.0 Å². The van der Waals surface area contributed by atoms with Gasteiger partial charge in [-0.3, -0.25) is 0 Å². The van der Waals surface area contributed by atoms with Crippen molar-refractivity contribution in [1.82, 2.24) is 24.5 Å². The van der Waals surface area contributed by atoms with Crippen LogP contribution < -0.4 is 16.0 Å². The normalized spacial score (nSPS) is 19.1. The van der Waals surface area contributed by atoms with Crippen molar-refractivity contribution in [3.63, 3.8) is 0 Å². The summed E-state index contributed by atoms with van der Waals surface area (Å²) in [4.78, 5) is 11.2. The Bertz CT molecular complexity index is 1310. The van der Waals surface area contributed by atoms with Crippen LogP contribution in [-0.2, 0) is 10.0 Å². The van der Waals surface area contributed by atoms with Gasteiger partial charge in [-0.2, -0.15) is 9.29 Å². The number of nitrogens with one attached hydrogen (secondary N) is 3. The molecule has 0 bridgehead atoms. The molecule has 3 N–H and O–H groups in total. The van der Waals surface area contributed by atoms with E-state index in [9.17, 15) is 12.8 Å². The van der Waals surface area contributed by atoms with Gasteiger partial charge in [0.15, 0.2) is 0 Å². The first-order chi connectivity index (χ1) is 18.4. The molecule has 1 aromatic heterocycles. The van der Waals surface area contributed by atoms with Crippen LogP contribution in [0.1, 0.15) is 25.7 Å². The van der Waals surface area contributed by atoms with Crippen LogP contribution in [0.3, 0.4) is 0 Å². The van der Waals surface area contributed by atoms with Crippen molar-refractivity contribution in [2.45, 2.75) is 42.7 Å². The van der Waals surface area contributed by atoms with E-state index in [4.69, 9.17) is 0 Å². The first kappa shape index (κ1) is 26.5. The Hall–Kier alpha value is -3.12. The number of hydrogen-bond donors (Lipinski definition) is 3. The van der Waals surface area contributed by atoms with Crippen LogP contribution in [0.25, 0.3) is 0 Å². The van der Waals surface area contributed by atoms with E-state index in [1.807, 2.05) is 0 Å². The first-order valence-electron chi connectivity index (χ1n) is 13.0. The van der Waals surface area contributed by atoms with Gasteiger partial charge in [-0.1, -0.05) is 0 Å². The molecule has 2 aliphatic rings. The summed E-state index contributed by atoms with van der Waals surface area (Å²) in [6.07, 6.45) is 5.35. The topological polar surface area (TPSA) is 102 Å². The van der Waals surface area contributed by atoms with Crippen molar-refractivity contribution in [2.75, 3.05) is 43.9 Å². The summed E-state index contributed by atoms with van der Waals surface area (Å²) in [6.45, 7) is 3.23. The molecule has 0 radical (unpaired) electrons. The highest BCUT2D eigenvalue weighted by atomic mass is 32.2. The Labute approximate surface area is 223 Å². The number of sulfonamides is 1. The average molecular weight is 540 g/mol. The number of likely N-dealkylation sites (tertiary alicyclic amines) is 1. The van der Waals surface area contributed by atoms with Gasteiger partial charge in [0.25, 0.3) is 0 Å². The lowest BCUT2D eigenvalue weighted by Gasteiger charge is -2.37. The minimum Gasteiger partial charge on any atom is -0.340 e. The summed E-state index contributed by atoms with van der Waals surface area (Å²) >= 11 is 0. The largest absolute Gasteiger partial charge is 0.340 e. The smallest absolute Gasteiger partial charge is 0.243 e. The molecule has 11 heteroatoms. The molecule has 3 aromatic rings. The molecule has 0 amide bonds. The van der Waals surface area contributed by atoms with E-state index in [0.29, 0.717) is 29.7 Å². The molecule has 0 aliphatic carbocycles. The number of rotatable bonds is 9. The highest BCUT2D eigenvalue weighted by Crippen LogP contribution is 2.27. The number of hydrogen-bond acceptors (Lipinski definition) is 8. The van der Waals surface area contributed by atoms with Gasteiger partial charge in [0.1, 0.15) is 11.6 Å². The van der Waals surface area contributed by atoms with E-state index in [-0.39, 0.29) is 22.8 Å². The minimum absolute atomic E-state index is 0.00106. The highest BCUT2D eigenvalue weighted by Gasteiger charge is 2.35. The summed E-state index contributed by atoms with van der Waals surface area (Å²) in [7, 11) is -1.58. The second-order valence-corrected chi connectivity index (χ2v) is 11.8. The van der Waals surface area contributed by atoms with E-state index in [1.54, 1.807) is 53.0 Å². The molecule has 0 spiro atoms. The molecule has 2 aromatic carbocycles. The number of benzene rings is 2. The maximum Gasteiger partial charge on any atom is 0.243 e. The zero-order valence-corrected chi connectivity index (χ0v) is 22.3. The predicted molar refractivity (Wildman–Crippen MR) is 147 cm³/mol. The van der Waals surface area contributed by atoms with Gasteiger partial charge in [-0.25, -0.2) is 17.8 Å². The molecular formula is C27H34FN7O2S. The Morgan fingerprint density at radius 1 is 1.00 bits per heavy atom. The van der Waals surface area contributed by atoms with Gasteiger partial charge in [0, 0.05) is 36.2 Å². The Balaban J connectivity index is 1.29. The molecule has 0 unspecified atom stereocenters. The van der Waals surface area contributed by atoms with Crippen LogP contribution in [0.2, 0.25) is 0 Å². The molecule has 2 saturated heterocycles. The van der Waals surface area contributed by atoms with Crippen LogP contribution in [-0.4, -0.2) is 72.9 Å². The summed E-state index contributed by atoms with van der Waals surface area (Å²) in [5.41, 5.74) is 1.37. The van der Waals surface area contributed by atoms with E-state index in [2.05, 4.69) is 37.9 Å². The predicted octanol–water partition coefficient (Wildman–Crippen LogP) is 3.94. The lowest BCUT2D eigenvalue weighted by atomic mass is 10.1. The molecule has 3 heterocycles. The van der Waals surface area contributed by atoms with Crippen LogP contribution in [0.15, 0.2) is 65.7 Å². The van der Waals surface area contributed by atoms with E-state index >= 15 is 0 Å². The van der Waals surface area contributed by atoms with Gasteiger partial charge in [0.05, 0.1) is 4.90 Å². The number of piperidine rings is 1. The summed E-state index contributed by atoms with van der Waals surface area (Å²) < 4.78 is 42.5. The van der Waals surface area contributed by atoms with E-state index < -0.39 is 10.0 Å². The number of nitrogens with zero attached hydrogens (tertiary/aromatic N) is 4. The highest BCUT2D eigenvalue weighted by molar-refractivity contribution is 7.89. The zero-order valence-electron chi connectivity index (χ0n) is 21.5. The summed E-state index contributed by atoms with van der Waals surface area (Å²) in [6, 6.07) is 14.6. The van der Waals surface area contributed by atoms with Crippen molar-refractivity contribution in [1.29, 1.82) is 0 Å². The standard InChI is InChI=1S/C27H34FN7O2S/c1-34-17-13-24(14-18-34)35(19-23-3-2-15-29-23)38(36,37)25-10-8-22(9-11-25)32-27-30-16-12-26(33-27)31-21-6-4-20(28)5-7-21/h4-12,16,23-24,29H,2-3,13-15,17-19H2,1H3,(H2,30,31,32,33)/t23-/m1/s1. The maximum absolute atomic E-state index is 13.8. The summed E-state index contributed by atoms with van der Waals surface area (Å²) in [5.74, 6) is 0.589. The maximum atomic E-state index is 13.8. The number of aromatic nitrogens is 2. The Morgan fingerprint density at radius 3 is 2.37 bits per heavy atom. The second kappa shape index (κ2) is 11.7. The van der Waals surface area contributed by atoms with Gasteiger partial charge < -0.3 is 20.9 Å². The zero-order chi connectivity index (χ0) is 26.5. The van der Waals surface area contributed by atoms with Crippen LogP contribution in [0.4, 0.5) is 27.5 Å². The third-order valence-electron chi connectivity index (χ3n) is 7.15. The van der Waals surface area contributed by atoms with Crippen molar-refractivity contribution >= 4 is 33.2 Å². The van der Waals surface area contributed by atoms with Crippen molar-refractivity contribution in [2.24, 2.45) is 0 Å². The quantitative estimate of drug-likeness (QED) is 0.376. The molecule has 202 valence electrons. The molecule has 5 rings (SSSR count). The van der Waals surface area contributed by atoms with E-state index in [0.717, 1.165) is 45.3 Å². The lowest BCUT2D eigenvalue weighted by molar-refractivity contribution is 0.176. The molecule has 38 heavy (non-hydrogen) atoms. The number of anilines is 4. The van der Waals surface area contributed by atoms with Crippen molar-refractivity contribution < 1.29 is 12.8 Å². The second-order valence-electron chi connectivity index (χ2n) is 9.95. The molecular weight excluding hydrogens is 505 g/mol. The molecule has 2 aliphatic heterocycles. The fourth-order valence-corrected chi connectivity index (χ4v) is 6.73. The monoisotopic (exact) mass is 539 g/mol. The average Bonchev–Trinajstić information content (AvgIpc) is 3.43.